The van der Waals surface area contributed by atoms with Crippen LogP contribution < -0.4 is 5.32 Å². The monoisotopic (exact) mass is 238 g/mol. The number of rotatable bonds is 4. The number of aromatic nitrogens is 1. The van der Waals surface area contributed by atoms with Gasteiger partial charge in [-0.3, -0.25) is 0 Å². The first-order chi connectivity index (χ1) is 6.89. The molecule has 0 radical (unpaired) electrons. The average Bonchev–Trinajstić information content (AvgIpc) is 2.51. The lowest BCUT2D eigenvalue weighted by atomic mass is 10.1. The molecular weight excluding hydrogens is 225 g/mol. The van der Waals surface area contributed by atoms with E-state index in [0.29, 0.717) is 17.6 Å². The van der Waals surface area contributed by atoms with Gasteiger partial charge >= 0.3 is 6.18 Å². The van der Waals surface area contributed by atoms with Gasteiger partial charge in [0.2, 0.25) is 0 Å². The molecule has 0 aromatic carbocycles. The Labute approximate surface area is 90.5 Å². The van der Waals surface area contributed by atoms with Gasteiger partial charge in [-0.25, -0.2) is 4.98 Å². The first kappa shape index (κ1) is 12.3. The highest BCUT2D eigenvalue weighted by Crippen LogP contribution is 2.31. The second-order valence-corrected chi connectivity index (χ2v) is 4.50. The first-order valence-corrected chi connectivity index (χ1v) is 5.54. The van der Waals surface area contributed by atoms with Gasteiger partial charge in [0.25, 0.3) is 0 Å². The third-order valence-electron chi connectivity index (χ3n) is 1.79. The first-order valence-electron chi connectivity index (χ1n) is 4.66. The number of hydrogen-bond donors (Lipinski definition) is 1. The molecule has 0 aliphatic heterocycles. The Bertz CT molecular complexity index is 307. The summed E-state index contributed by atoms with van der Waals surface area (Å²) in [4.78, 5) is 3.46. The van der Waals surface area contributed by atoms with Crippen LogP contribution in [0.5, 0.6) is 0 Å². The SMILES string of the molecule is CC(C)CCNc1nc(C(F)(F)F)cs1. The molecule has 0 saturated carbocycles. The van der Waals surface area contributed by atoms with Gasteiger partial charge < -0.3 is 5.32 Å². The molecule has 1 heterocycles. The molecule has 0 aliphatic rings. The fraction of sp³-hybridized carbons (Fsp3) is 0.667. The Morgan fingerprint density at radius 2 is 2.13 bits per heavy atom. The topological polar surface area (TPSA) is 24.9 Å². The van der Waals surface area contributed by atoms with E-state index >= 15 is 0 Å². The van der Waals surface area contributed by atoms with Crippen molar-refractivity contribution >= 4 is 16.5 Å². The van der Waals surface area contributed by atoms with E-state index in [0.717, 1.165) is 23.1 Å². The highest BCUT2D eigenvalue weighted by molar-refractivity contribution is 7.13. The standard InChI is InChI=1S/C9H13F3N2S/c1-6(2)3-4-13-8-14-7(5-15-8)9(10,11)12/h5-6H,3-4H2,1-2H3,(H,13,14). The minimum absolute atomic E-state index is 0.336. The summed E-state index contributed by atoms with van der Waals surface area (Å²) in [6.07, 6.45) is -3.42. The minimum atomic E-state index is -4.34. The summed E-state index contributed by atoms with van der Waals surface area (Å²) in [5.41, 5.74) is -0.820. The van der Waals surface area contributed by atoms with E-state index in [2.05, 4.69) is 24.1 Å². The number of hydrogen-bond acceptors (Lipinski definition) is 3. The Morgan fingerprint density at radius 3 is 2.60 bits per heavy atom. The van der Waals surface area contributed by atoms with Crippen molar-refractivity contribution in [2.75, 3.05) is 11.9 Å². The molecule has 6 heteroatoms. The van der Waals surface area contributed by atoms with Gasteiger partial charge in [-0.1, -0.05) is 13.8 Å². The molecule has 15 heavy (non-hydrogen) atoms. The zero-order chi connectivity index (χ0) is 11.5. The number of nitrogens with zero attached hydrogens (tertiary/aromatic N) is 1. The third kappa shape index (κ3) is 4.07. The van der Waals surface area contributed by atoms with E-state index in [1.807, 2.05) is 0 Å². The van der Waals surface area contributed by atoms with Crippen LogP contribution in [0.25, 0.3) is 0 Å². The number of anilines is 1. The van der Waals surface area contributed by atoms with Gasteiger partial charge in [0.05, 0.1) is 0 Å². The van der Waals surface area contributed by atoms with Crippen molar-refractivity contribution in [3.8, 4) is 0 Å². The maximum Gasteiger partial charge on any atom is 0.434 e. The summed E-state index contributed by atoms with van der Waals surface area (Å²) < 4.78 is 36.5. The maximum absolute atomic E-state index is 12.2. The van der Waals surface area contributed by atoms with Crippen LogP contribution in [0, 0.1) is 5.92 Å². The molecular formula is C9H13F3N2S. The number of halogens is 3. The molecule has 0 spiro atoms. The zero-order valence-corrected chi connectivity index (χ0v) is 9.37. The molecule has 2 nitrogen and oxygen atoms in total. The van der Waals surface area contributed by atoms with Crippen molar-refractivity contribution in [3.05, 3.63) is 11.1 Å². The molecule has 0 unspecified atom stereocenters. The number of thiazole rings is 1. The minimum Gasteiger partial charge on any atom is -0.362 e. The molecule has 0 fully saturated rings. The predicted octanol–water partition coefficient (Wildman–Crippen LogP) is 3.62. The zero-order valence-electron chi connectivity index (χ0n) is 8.56. The summed E-state index contributed by atoms with van der Waals surface area (Å²) in [6.45, 7) is 4.78. The van der Waals surface area contributed by atoms with E-state index < -0.39 is 11.9 Å². The summed E-state index contributed by atoms with van der Waals surface area (Å²) >= 11 is 0.986. The highest BCUT2D eigenvalue weighted by atomic mass is 32.1. The quantitative estimate of drug-likeness (QED) is 0.866. The van der Waals surface area contributed by atoms with Crippen molar-refractivity contribution in [1.29, 1.82) is 0 Å². The lowest BCUT2D eigenvalue weighted by molar-refractivity contribution is -0.140. The van der Waals surface area contributed by atoms with Gasteiger partial charge in [0.1, 0.15) is 0 Å². The molecule has 1 N–H and O–H groups in total. The summed E-state index contributed by atoms with van der Waals surface area (Å²) in [5.74, 6) is 0.527. The lowest BCUT2D eigenvalue weighted by Crippen LogP contribution is -2.07. The average molecular weight is 238 g/mol. The smallest absolute Gasteiger partial charge is 0.362 e. The second-order valence-electron chi connectivity index (χ2n) is 3.64. The van der Waals surface area contributed by atoms with Gasteiger partial charge in [0.15, 0.2) is 10.8 Å². The molecule has 1 aromatic rings. The molecule has 1 rings (SSSR count). The van der Waals surface area contributed by atoms with Gasteiger partial charge in [0, 0.05) is 11.9 Å². The van der Waals surface area contributed by atoms with E-state index in [-0.39, 0.29) is 0 Å². The van der Waals surface area contributed by atoms with Crippen LogP contribution >= 0.6 is 11.3 Å². The van der Waals surface area contributed by atoms with Crippen molar-refractivity contribution in [1.82, 2.24) is 4.98 Å². The Balaban J connectivity index is 2.47. The van der Waals surface area contributed by atoms with Crippen LogP contribution in [0.15, 0.2) is 5.38 Å². The van der Waals surface area contributed by atoms with Crippen molar-refractivity contribution in [2.24, 2.45) is 5.92 Å². The second kappa shape index (κ2) is 4.83. The number of nitrogens with one attached hydrogen (secondary N) is 1. The van der Waals surface area contributed by atoms with Gasteiger partial charge in [-0.2, -0.15) is 13.2 Å². The van der Waals surface area contributed by atoms with Gasteiger partial charge in [-0.15, -0.1) is 11.3 Å². The fourth-order valence-corrected chi connectivity index (χ4v) is 1.70. The van der Waals surface area contributed by atoms with Gasteiger partial charge in [-0.05, 0) is 12.3 Å². The van der Waals surface area contributed by atoms with Crippen molar-refractivity contribution in [2.45, 2.75) is 26.4 Å². The summed E-state index contributed by atoms with van der Waals surface area (Å²) in [7, 11) is 0. The van der Waals surface area contributed by atoms with Crippen LogP contribution in [0.1, 0.15) is 26.0 Å². The van der Waals surface area contributed by atoms with Crippen molar-refractivity contribution in [3.63, 3.8) is 0 Å². The molecule has 0 bridgehead atoms. The van der Waals surface area contributed by atoms with Crippen LogP contribution in [0.2, 0.25) is 0 Å². The third-order valence-corrected chi connectivity index (χ3v) is 2.59. The highest BCUT2D eigenvalue weighted by Gasteiger charge is 2.33. The normalized spacial score (nSPS) is 12.1. The van der Waals surface area contributed by atoms with Crippen LogP contribution in [-0.4, -0.2) is 11.5 Å². The van der Waals surface area contributed by atoms with Crippen LogP contribution in [0.4, 0.5) is 18.3 Å². The molecule has 86 valence electrons. The van der Waals surface area contributed by atoms with Crippen LogP contribution in [-0.2, 0) is 6.18 Å². The lowest BCUT2D eigenvalue weighted by Gasteiger charge is -2.05. The van der Waals surface area contributed by atoms with E-state index in [4.69, 9.17) is 0 Å². The predicted molar refractivity (Wildman–Crippen MR) is 55.1 cm³/mol. The molecule has 0 atom stereocenters. The molecule has 1 aromatic heterocycles. The largest absolute Gasteiger partial charge is 0.434 e. The summed E-state index contributed by atoms with van der Waals surface area (Å²) in [6, 6.07) is 0. The molecule has 0 aliphatic carbocycles. The van der Waals surface area contributed by atoms with E-state index in [1.54, 1.807) is 0 Å². The summed E-state index contributed by atoms with van der Waals surface area (Å²) in [5, 5.41) is 4.24. The van der Waals surface area contributed by atoms with E-state index in [9.17, 15) is 13.2 Å². The Morgan fingerprint density at radius 1 is 1.47 bits per heavy atom. The number of alkyl halides is 3. The Kier molecular flexibility index (Phi) is 3.96. The van der Waals surface area contributed by atoms with E-state index in [1.165, 1.54) is 0 Å². The maximum atomic E-state index is 12.2. The Hall–Kier alpha value is -0.780. The van der Waals surface area contributed by atoms with Crippen LogP contribution in [0.3, 0.4) is 0 Å². The molecule has 0 amide bonds. The van der Waals surface area contributed by atoms with Crippen molar-refractivity contribution < 1.29 is 13.2 Å². The fourth-order valence-electron chi connectivity index (χ4n) is 0.953. The molecule has 0 saturated heterocycles.